The molecule has 0 aliphatic heterocycles. The number of halogens is 1. The third-order valence-electron chi connectivity index (χ3n) is 3.49. The second kappa shape index (κ2) is 5.16. The SMILES string of the molecule is COc1cc(Cl)c(C)cc1-n1c(=S)[nH]c2c(C)ccnc21. The second-order valence-corrected chi connectivity index (χ2v) is 5.66. The Labute approximate surface area is 132 Å². The number of aryl methyl sites for hydroxylation is 2. The Bertz CT molecular complexity index is 898. The van der Waals surface area contributed by atoms with E-state index in [0.29, 0.717) is 15.5 Å². The molecule has 2 aromatic heterocycles. The third kappa shape index (κ3) is 2.22. The molecule has 0 aliphatic rings. The molecule has 3 aromatic rings. The van der Waals surface area contributed by atoms with Crippen molar-refractivity contribution in [1.29, 1.82) is 0 Å². The Morgan fingerprint density at radius 2 is 2.05 bits per heavy atom. The fraction of sp³-hybridized carbons (Fsp3) is 0.200. The van der Waals surface area contributed by atoms with Crippen LogP contribution in [-0.2, 0) is 0 Å². The zero-order chi connectivity index (χ0) is 15.1. The number of fused-ring (bicyclic) bond motifs is 1. The van der Waals surface area contributed by atoms with Gasteiger partial charge in [-0.15, -0.1) is 0 Å². The van der Waals surface area contributed by atoms with Crippen molar-refractivity contribution in [2.75, 3.05) is 7.11 Å². The Kier molecular flexibility index (Phi) is 3.47. The number of H-pyrrole nitrogens is 1. The molecular weight excluding hydrogens is 306 g/mol. The number of imidazole rings is 1. The summed E-state index contributed by atoms with van der Waals surface area (Å²) in [6, 6.07) is 5.69. The zero-order valence-corrected chi connectivity index (χ0v) is 13.5. The molecular formula is C15H14ClN3OS. The molecule has 2 heterocycles. The van der Waals surface area contributed by atoms with Crippen LogP contribution in [0.25, 0.3) is 16.9 Å². The van der Waals surface area contributed by atoms with Crippen molar-refractivity contribution in [2.45, 2.75) is 13.8 Å². The fourth-order valence-electron chi connectivity index (χ4n) is 2.34. The van der Waals surface area contributed by atoms with Crippen LogP contribution in [0.3, 0.4) is 0 Å². The van der Waals surface area contributed by atoms with Gasteiger partial charge in [0, 0.05) is 17.3 Å². The smallest absolute Gasteiger partial charge is 0.184 e. The van der Waals surface area contributed by atoms with E-state index in [1.54, 1.807) is 19.4 Å². The van der Waals surface area contributed by atoms with Crippen molar-refractivity contribution >= 4 is 35.0 Å². The molecule has 0 saturated heterocycles. The van der Waals surface area contributed by atoms with Crippen LogP contribution in [-0.4, -0.2) is 21.6 Å². The third-order valence-corrected chi connectivity index (χ3v) is 4.18. The van der Waals surface area contributed by atoms with Gasteiger partial charge in [0.05, 0.1) is 18.3 Å². The summed E-state index contributed by atoms with van der Waals surface area (Å²) >= 11 is 11.6. The lowest BCUT2D eigenvalue weighted by Gasteiger charge is -2.12. The average molecular weight is 320 g/mol. The molecule has 6 heteroatoms. The molecule has 108 valence electrons. The van der Waals surface area contributed by atoms with Gasteiger partial charge in [0.25, 0.3) is 0 Å². The number of aromatic amines is 1. The predicted molar refractivity (Wildman–Crippen MR) is 87.3 cm³/mol. The number of hydrogen-bond acceptors (Lipinski definition) is 3. The molecule has 0 atom stereocenters. The molecule has 0 unspecified atom stereocenters. The molecule has 1 N–H and O–H groups in total. The number of ether oxygens (including phenoxy) is 1. The Balaban J connectivity index is 2.41. The minimum atomic E-state index is 0.576. The molecule has 0 spiro atoms. The fourth-order valence-corrected chi connectivity index (χ4v) is 2.78. The van der Waals surface area contributed by atoms with Crippen LogP contribution in [0.1, 0.15) is 11.1 Å². The number of nitrogens with zero attached hydrogens (tertiary/aromatic N) is 2. The first kappa shape index (κ1) is 14.1. The Hall–Kier alpha value is -1.85. The van der Waals surface area contributed by atoms with E-state index in [0.717, 1.165) is 28.0 Å². The van der Waals surface area contributed by atoms with Gasteiger partial charge in [0.1, 0.15) is 5.75 Å². The first-order valence-corrected chi connectivity index (χ1v) is 7.22. The summed E-state index contributed by atoms with van der Waals surface area (Å²) in [5.74, 6) is 0.658. The number of rotatable bonds is 2. The summed E-state index contributed by atoms with van der Waals surface area (Å²) in [5.41, 5.74) is 4.58. The minimum Gasteiger partial charge on any atom is -0.495 e. The molecule has 1 aromatic carbocycles. The van der Waals surface area contributed by atoms with E-state index in [1.807, 2.05) is 30.5 Å². The molecule has 0 saturated carbocycles. The summed E-state index contributed by atoms with van der Waals surface area (Å²) in [7, 11) is 1.61. The van der Waals surface area contributed by atoms with Gasteiger partial charge in [-0.25, -0.2) is 4.98 Å². The highest BCUT2D eigenvalue weighted by Gasteiger charge is 2.15. The molecule has 4 nitrogen and oxygen atoms in total. The maximum absolute atomic E-state index is 6.17. The number of nitrogens with one attached hydrogen (secondary N) is 1. The van der Waals surface area contributed by atoms with Gasteiger partial charge >= 0.3 is 0 Å². The Morgan fingerprint density at radius 3 is 2.76 bits per heavy atom. The van der Waals surface area contributed by atoms with Crippen molar-refractivity contribution in [3.8, 4) is 11.4 Å². The summed E-state index contributed by atoms with van der Waals surface area (Å²) < 4.78 is 7.90. The lowest BCUT2D eigenvalue weighted by Crippen LogP contribution is -2.00. The van der Waals surface area contributed by atoms with Gasteiger partial charge in [-0.3, -0.25) is 4.57 Å². The van der Waals surface area contributed by atoms with E-state index in [-0.39, 0.29) is 0 Å². The van der Waals surface area contributed by atoms with E-state index >= 15 is 0 Å². The van der Waals surface area contributed by atoms with Gasteiger partial charge in [0.15, 0.2) is 10.4 Å². The van der Waals surface area contributed by atoms with Crippen LogP contribution in [0.4, 0.5) is 0 Å². The standard InChI is InChI=1S/C15H14ClN3OS/c1-8-4-5-17-14-13(8)18-15(21)19(14)11-6-9(2)10(16)7-12(11)20-3/h4-7H,1-3H3,(H,18,21). The number of methoxy groups -OCH3 is 1. The molecule has 0 amide bonds. The van der Waals surface area contributed by atoms with Crippen molar-refractivity contribution in [2.24, 2.45) is 0 Å². The summed E-state index contributed by atoms with van der Waals surface area (Å²) in [4.78, 5) is 7.65. The van der Waals surface area contributed by atoms with Gasteiger partial charge in [-0.1, -0.05) is 11.6 Å². The predicted octanol–water partition coefficient (Wildman–Crippen LogP) is 4.36. The second-order valence-electron chi connectivity index (χ2n) is 4.87. The largest absolute Gasteiger partial charge is 0.495 e. The van der Waals surface area contributed by atoms with Crippen molar-refractivity contribution in [3.05, 3.63) is 45.3 Å². The normalized spacial score (nSPS) is 11.0. The van der Waals surface area contributed by atoms with E-state index in [4.69, 9.17) is 28.6 Å². The maximum Gasteiger partial charge on any atom is 0.184 e. The molecule has 21 heavy (non-hydrogen) atoms. The van der Waals surface area contributed by atoms with Gasteiger partial charge in [0.2, 0.25) is 0 Å². The monoisotopic (exact) mass is 319 g/mol. The lowest BCUT2D eigenvalue weighted by atomic mass is 10.2. The highest BCUT2D eigenvalue weighted by molar-refractivity contribution is 7.71. The highest BCUT2D eigenvalue weighted by atomic mass is 35.5. The van der Waals surface area contributed by atoms with Crippen LogP contribution in [0, 0.1) is 18.6 Å². The summed E-state index contributed by atoms with van der Waals surface area (Å²) in [6.45, 7) is 3.96. The van der Waals surface area contributed by atoms with Crippen molar-refractivity contribution in [1.82, 2.24) is 14.5 Å². The van der Waals surface area contributed by atoms with Crippen LogP contribution in [0.15, 0.2) is 24.4 Å². The maximum atomic E-state index is 6.17. The zero-order valence-electron chi connectivity index (χ0n) is 11.9. The highest BCUT2D eigenvalue weighted by Crippen LogP contribution is 2.32. The number of benzene rings is 1. The molecule has 0 radical (unpaired) electrons. The summed E-state index contributed by atoms with van der Waals surface area (Å²) in [6.07, 6.45) is 1.77. The van der Waals surface area contributed by atoms with Crippen LogP contribution in [0.5, 0.6) is 5.75 Å². The van der Waals surface area contributed by atoms with E-state index < -0.39 is 0 Å². The van der Waals surface area contributed by atoms with Crippen LogP contribution >= 0.6 is 23.8 Å². The number of hydrogen-bond donors (Lipinski definition) is 1. The topological polar surface area (TPSA) is 42.8 Å². The quantitative estimate of drug-likeness (QED) is 0.714. The molecule has 0 bridgehead atoms. The van der Waals surface area contributed by atoms with E-state index in [9.17, 15) is 0 Å². The van der Waals surface area contributed by atoms with E-state index in [2.05, 4.69) is 9.97 Å². The molecule has 0 fully saturated rings. The number of pyridine rings is 1. The lowest BCUT2D eigenvalue weighted by molar-refractivity contribution is 0.413. The first-order valence-electron chi connectivity index (χ1n) is 6.43. The van der Waals surface area contributed by atoms with Gasteiger partial charge in [-0.2, -0.15) is 0 Å². The molecule has 0 aliphatic carbocycles. The summed E-state index contributed by atoms with van der Waals surface area (Å²) in [5, 5.41) is 0.658. The van der Waals surface area contributed by atoms with Crippen LogP contribution in [0.2, 0.25) is 5.02 Å². The minimum absolute atomic E-state index is 0.576. The van der Waals surface area contributed by atoms with Gasteiger partial charge in [-0.05, 0) is 49.3 Å². The first-order chi connectivity index (χ1) is 10.0. The van der Waals surface area contributed by atoms with Crippen LogP contribution < -0.4 is 4.74 Å². The average Bonchev–Trinajstić information content (AvgIpc) is 2.79. The van der Waals surface area contributed by atoms with Crippen molar-refractivity contribution in [3.63, 3.8) is 0 Å². The van der Waals surface area contributed by atoms with Gasteiger partial charge < -0.3 is 9.72 Å². The Morgan fingerprint density at radius 1 is 1.29 bits per heavy atom. The van der Waals surface area contributed by atoms with Crippen molar-refractivity contribution < 1.29 is 4.74 Å². The number of aromatic nitrogens is 3. The molecule has 3 rings (SSSR count). The van der Waals surface area contributed by atoms with E-state index in [1.165, 1.54) is 0 Å².